The van der Waals surface area contributed by atoms with Gasteiger partial charge in [-0.15, -0.1) is 11.3 Å². The topological polar surface area (TPSA) is 93.8 Å². The second kappa shape index (κ2) is 5.74. The molecule has 0 aliphatic heterocycles. The number of aromatic nitrogens is 3. The highest BCUT2D eigenvalue weighted by Gasteiger charge is 2.13. The lowest BCUT2D eigenvalue weighted by atomic mass is 10.2. The van der Waals surface area contributed by atoms with Crippen molar-refractivity contribution in [3.63, 3.8) is 0 Å². The zero-order chi connectivity index (χ0) is 14.8. The third kappa shape index (κ3) is 2.86. The van der Waals surface area contributed by atoms with Crippen molar-refractivity contribution in [1.82, 2.24) is 15.0 Å². The molecule has 106 valence electrons. The molecule has 0 spiro atoms. The third-order valence-electron chi connectivity index (χ3n) is 2.74. The molecule has 3 N–H and O–H groups in total. The molecule has 3 aromatic rings. The Labute approximate surface area is 132 Å². The Balaban J connectivity index is 2.13. The first-order valence-electron chi connectivity index (χ1n) is 6.02. The number of thiophene rings is 1. The van der Waals surface area contributed by atoms with Gasteiger partial charge in [-0.3, -0.25) is 9.78 Å². The molecule has 0 saturated heterocycles. The number of pyridine rings is 1. The summed E-state index contributed by atoms with van der Waals surface area (Å²) in [6.07, 6.45) is 3.37. The second-order valence-electron chi connectivity index (χ2n) is 4.21. The number of primary amides is 1. The van der Waals surface area contributed by atoms with E-state index < -0.39 is 5.91 Å². The molecule has 3 heterocycles. The Morgan fingerprint density at radius 3 is 2.81 bits per heavy atom. The van der Waals surface area contributed by atoms with Crippen molar-refractivity contribution in [2.24, 2.45) is 5.73 Å². The number of rotatable bonds is 4. The largest absolute Gasteiger partial charge is 0.368 e. The summed E-state index contributed by atoms with van der Waals surface area (Å²) in [7, 11) is 0. The summed E-state index contributed by atoms with van der Waals surface area (Å²) in [5.74, 6) is 0.722. The quantitative estimate of drug-likeness (QED) is 0.742. The minimum Gasteiger partial charge on any atom is -0.368 e. The summed E-state index contributed by atoms with van der Waals surface area (Å²) in [6, 6.07) is 3.67. The SMILES string of the molecule is NC(=O)CNc1nc(-c2ccncc2)nc2c(Br)csc12. The number of hydrogen-bond acceptors (Lipinski definition) is 6. The molecular formula is C13H10BrN5OS. The summed E-state index contributed by atoms with van der Waals surface area (Å²) in [4.78, 5) is 24.0. The molecule has 8 heteroatoms. The van der Waals surface area contributed by atoms with Crippen LogP contribution in [-0.4, -0.2) is 27.4 Å². The minimum absolute atomic E-state index is 0.0252. The Morgan fingerprint density at radius 2 is 2.10 bits per heavy atom. The first kappa shape index (κ1) is 13.9. The molecule has 0 unspecified atom stereocenters. The number of anilines is 1. The number of nitrogens with two attached hydrogens (primary N) is 1. The molecule has 0 fully saturated rings. The summed E-state index contributed by atoms with van der Waals surface area (Å²) in [5, 5.41) is 4.89. The molecule has 0 saturated carbocycles. The van der Waals surface area contributed by atoms with E-state index in [0.717, 1.165) is 20.3 Å². The van der Waals surface area contributed by atoms with E-state index in [1.165, 1.54) is 11.3 Å². The van der Waals surface area contributed by atoms with Gasteiger partial charge in [0.2, 0.25) is 5.91 Å². The van der Waals surface area contributed by atoms with E-state index >= 15 is 0 Å². The molecule has 0 atom stereocenters. The van der Waals surface area contributed by atoms with Crippen LogP contribution in [0, 0.1) is 0 Å². The van der Waals surface area contributed by atoms with Crippen LogP contribution in [0.2, 0.25) is 0 Å². The predicted octanol–water partition coefficient (Wildman–Crippen LogP) is 2.41. The van der Waals surface area contributed by atoms with E-state index in [0.29, 0.717) is 11.6 Å². The van der Waals surface area contributed by atoms with Crippen molar-refractivity contribution < 1.29 is 4.79 Å². The Bertz CT molecular complexity index is 805. The number of amides is 1. The molecular weight excluding hydrogens is 354 g/mol. The number of halogens is 1. The highest BCUT2D eigenvalue weighted by molar-refractivity contribution is 9.10. The lowest BCUT2D eigenvalue weighted by Gasteiger charge is -2.07. The van der Waals surface area contributed by atoms with Gasteiger partial charge in [0.25, 0.3) is 0 Å². The minimum atomic E-state index is -0.442. The van der Waals surface area contributed by atoms with E-state index in [9.17, 15) is 4.79 Å². The average Bonchev–Trinajstić information content (AvgIpc) is 2.87. The van der Waals surface area contributed by atoms with Crippen molar-refractivity contribution in [1.29, 1.82) is 0 Å². The number of carbonyl (C=O) groups excluding carboxylic acids is 1. The lowest BCUT2D eigenvalue weighted by molar-refractivity contribution is -0.116. The van der Waals surface area contributed by atoms with Crippen molar-refractivity contribution in [2.45, 2.75) is 0 Å². The maximum Gasteiger partial charge on any atom is 0.236 e. The van der Waals surface area contributed by atoms with E-state index in [4.69, 9.17) is 5.73 Å². The van der Waals surface area contributed by atoms with Gasteiger partial charge in [-0.2, -0.15) is 0 Å². The summed E-state index contributed by atoms with van der Waals surface area (Å²) in [5.41, 5.74) is 6.83. The van der Waals surface area contributed by atoms with Crippen LogP contribution < -0.4 is 11.1 Å². The maximum absolute atomic E-state index is 11.0. The zero-order valence-electron chi connectivity index (χ0n) is 10.7. The molecule has 0 aliphatic rings. The molecule has 0 bridgehead atoms. The van der Waals surface area contributed by atoms with Crippen LogP contribution >= 0.6 is 27.3 Å². The number of hydrogen-bond donors (Lipinski definition) is 2. The zero-order valence-corrected chi connectivity index (χ0v) is 13.1. The van der Waals surface area contributed by atoms with Gasteiger partial charge in [0.15, 0.2) is 5.82 Å². The van der Waals surface area contributed by atoms with Gasteiger partial charge in [-0.05, 0) is 28.1 Å². The Hall–Kier alpha value is -2.06. The van der Waals surface area contributed by atoms with Crippen LogP contribution in [0.15, 0.2) is 34.4 Å². The van der Waals surface area contributed by atoms with E-state index in [1.807, 2.05) is 17.5 Å². The summed E-state index contributed by atoms with van der Waals surface area (Å²) in [6.45, 7) is 0.0252. The maximum atomic E-state index is 11.0. The van der Waals surface area contributed by atoms with Gasteiger partial charge in [0.05, 0.1) is 15.7 Å². The number of nitrogens with zero attached hydrogens (tertiary/aromatic N) is 3. The molecule has 3 rings (SSSR count). The summed E-state index contributed by atoms with van der Waals surface area (Å²) < 4.78 is 1.77. The predicted molar refractivity (Wildman–Crippen MR) is 86.0 cm³/mol. The Kier molecular flexibility index (Phi) is 3.80. The van der Waals surface area contributed by atoms with Crippen molar-refractivity contribution in [3.8, 4) is 11.4 Å². The fourth-order valence-electron chi connectivity index (χ4n) is 1.81. The first-order chi connectivity index (χ1) is 10.1. The molecule has 6 nitrogen and oxygen atoms in total. The van der Waals surface area contributed by atoms with Gasteiger partial charge in [-0.25, -0.2) is 9.97 Å². The number of nitrogens with one attached hydrogen (secondary N) is 1. The fourth-order valence-corrected chi connectivity index (χ4v) is 3.34. The van der Waals surface area contributed by atoms with Crippen LogP contribution in [0.25, 0.3) is 21.6 Å². The van der Waals surface area contributed by atoms with Crippen LogP contribution in [0.3, 0.4) is 0 Å². The van der Waals surface area contributed by atoms with Crippen LogP contribution in [0.4, 0.5) is 5.82 Å². The van der Waals surface area contributed by atoms with Gasteiger partial charge >= 0.3 is 0 Å². The van der Waals surface area contributed by atoms with E-state index in [1.54, 1.807) is 12.4 Å². The van der Waals surface area contributed by atoms with Gasteiger partial charge in [0, 0.05) is 23.3 Å². The first-order valence-corrected chi connectivity index (χ1v) is 7.69. The molecule has 3 aromatic heterocycles. The smallest absolute Gasteiger partial charge is 0.236 e. The molecule has 21 heavy (non-hydrogen) atoms. The average molecular weight is 364 g/mol. The van der Waals surface area contributed by atoms with E-state index in [-0.39, 0.29) is 6.54 Å². The molecule has 0 aliphatic carbocycles. The van der Waals surface area contributed by atoms with E-state index in [2.05, 4.69) is 36.2 Å². The van der Waals surface area contributed by atoms with Crippen molar-refractivity contribution in [3.05, 3.63) is 34.4 Å². The molecule has 0 aromatic carbocycles. The lowest BCUT2D eigenvalue weighted by Crippen LogP contribution is -2.22. The highest BCUT2D eigenvalue weighted by atomic mass is 79.9. The molecule has 0 radical (unpaired) electrons. The molecule has 1 amide bonds. The van der Waals surface area contributed by atoms with Gasteiger partial charge in [-0.1, -0.05) is 0 Å². The third-order valence-corrected chi connectivity index (χ3v) is 4.62. The van der Waals surface area contributed by atoms with Gasteiger partial charge < -0.3 is 11.1 Å². The van der Waals surface area contributed by atoms with Crippen molar-refractivity contribution in [2.75, 3.05) is 11.9 Å². The van der Waals surface area contributed by atoms with Gasteiger partial charge in [0.1, 0.15) is 11.3 Å². The number of fused-ring (bicyclic) bond motifs is 1. The normalized spacial score (nSPS) is 10.7. The standard InChI is InChI=1S/C13H10BrN5OS/c14-8-6-21-11-10(8)18-12(7-1-3-16-4-2-7)19-13(11)17-5-9(15)20/h1-4,6H,5H2,(H2,15,20)(H,17,18,19). The summed E-state index contributed by atoms with van der Waals surface area (Å²) >= 11 is 4.97. The van der Waals surface area contributed by atoms with Crippen LogP contribution in [0.5, 0.6) is 0 Å². The fraction of sp³-hybridized carbons (Fsp3) is 0.0769. The van der Waals surface area contributed by atoms with Crippen LogP contribution in [-0.2, 0) is 4.79 Å². The van der Waals surface area contributed by atoms with Crippen LogP contribution in [0.1, 0.15) is 0 Å². The number of carbonyl (C=O) groups is 1. The monoisotopic (exact) mass is 363 g/mol. The van der Waals surface area contributed by atoms with Crippen molar-refractivity contribution >= 4 is 49.2 Å². The second-order valence-corrected chi connectivity index (χ2v) is 5.95. The highest BCUT2D eigenvalue weighted by Crippen LogP contribution is 2.34. The Morgan fingerprint density at radius 1 is 1.33 bits per heavy atom.